The van der Waals surface area contributed by atoms with Crippen LogP contribution in [0, 0.1) is 10.5 Å². The topological polar surface area (TPSA) is 52.7 Å². The van der Waals surface area contributed by atoms with Gasteiger partial charge < -0.3 is 15.1 Å². The van der Waals surface area contributed by atoms with Crippen LogP contribution in [-0.4, -0.2) is 42.9 Å². The lowest BCUT2D eigenvalue weighted by atomic mass is 10.1. The lowest BCUT2D eigenvalue weighted by Crippen LogP contribution is -2.49. The first-order valence-corrected chi connectivity index (χ1v) is 12.3. The first kappa shape index (κ1) is 23.9. The van der Waals surface area contributed by atoms with Gasteiger partial charge in [0, 0.05) is 41.0 Å². The zero-order chi connectivity index (χ0) is 23.5. The predicted molar refractivity (Wildman–Crippen MR) is 143 cm³/mol. The van der Waals surface area contributed by atoms with Crippen LogP contribution in [0.5, 0.6) is 0 Å². The third kappa shape index (κ3) is 5.45. The Morgan fingerprint density at radius 2 is 1.61 bits per heavy atom. The molecule has 1 saturated heterocycles. The van der Waals surface area contributed by atoms with Gasteiger partial charge in [-0.1, -0.05) is 41.4 Å². The normalized spacial score (nSPS) is 13.7. The smallest absolute Gasteiger partial charge is 0.257 e. The number of carbonyl (C=O) groups excluding carboxylic acids is 2. The summed E-state index contributed by atoms with van der Waals surface area (Å²) in [6.45, 7) is 4.55. The van der Waals surface area contributed by atoms with Gasteiger partial charge in [-0.05, 0) is 77.5 Å². The monoisotopic (exact) mass is 593 g/mol. The van der Waals surface area contributed by atoms with E-state index >= 15 is 0 Å². The maximum atomic E-state index is 12.9. The largest absolute Gasteiger partial charge is 0.367 e. The third-order valence-corrected chi connectivity index (χ3v) is 6.96. The number of rotatable bonds is 4. The highest BCUT2D eigenvalue weighted by molar-refractivity contribution is 14.1. The van der Waals surface area contributed by atoms with Crippen LogP contribution >= 0.6 is 45.8 Å². The van der Waals surface area contributed by atoms with Gasteiger partial charge in [-0.15, -0.1) is 0 Å². The Morgan fingerprint density at radius 1 is 0.879 bits per heavy atom. The lowest BCUT2D eigenvalue weighted by Gasteiger charge is -2.36. The minimum absolute atomic E-state index is 0.0612. The minimum atomic E-state index is -0.286. The van der Waals surface area contributed by atoms with E-state index in [4.69, 9.17) is 23.2 Å². The number of carbonyl (C=O) groups is 2. The third-order valence-electron chi connectivity index (χ3n) is 5.66. The van der Waals surface area contributed by atoms with Crippen LogP contribution in [0.15, 0.2) is 60.7 Å². The molecule has 0 unspecified atom stereocenters. The molecule has 5 nitrogen and oxygen atoms in total. The van der Waals surface area contributed by atoms with E-state index in [9.17, 15) is 9.59 Å². The van der Waals surface area contributed by atoms with Crippen LogP contribution in [0.4, 0.5) is 11.4 Å². The molecule has 1 aliphatic heterocycles. The van der Waals surface area contributed by atoms with Gasteiger partial charge in [0.2, 0.25) is 0 Å². The van der Waals surface area contributed by atoms with Crippen molar-refractivity contribution in [2.75, 3.05) is 36.4 Å². The Bertz CT molecular complexity index is 1210. The number of amides is 2. The number of hydrogen-bond acceptors (Lipinski definition) is 3. The summed E-state index contributed by atoms with van der Waals surface area (Å²) in [6, 6.07) is 18.4. The van der Waals surface area contributed by atoms with Crippen molar-refractivity contribution in [1.29, 1.82) is 0 Å². The molecule has 1 aliphatic rings. The first-order chi connectivity index (χ1) is 15.8. The molecule has 0 spiro atoms. The van der Waals surface area contributed by atoms with E-state index in [1.54, 1.807) is 18.2 Å². The number of aryl methyl sites for hydroxylation is 1. The molecule has 0 aromatic heterocycles. The van der Waals surface area contributed by atoms with Gasteiger partial charge in [0.15, 0.2) is 0 Å². The molecule has 0 bridgehead atoms. The molecule has 3 aromatic rings. The van der Waals surface area contributed by atoms with Gasteiger partial charge in [0.25, 0.3) is 11.8 Å². The van der Waals surface area contributed by atoms with E-state index in [0.29, 0.717) is 47.5 Å². The van der Waals surface area contributed by atoms with Crippen molar-refractivity contribution in [3.63, 3.8) is 0 Å². The highest BCUT2D eigenvalue weighted by atomic mass is 127. The molecule has 33 heavy (non-hydrogen) atoms. The molecule has 170 valence electrons. The quantitative estimate of drug-likeness (QED) is 0.371. The Hall–Kier alpha value is -2.29. The summed E-state index contributed by atoms with van der Waals surface area (Å²) < 4.78 is 0.926. The van der Waals surface area contributed by atoms with Crippen LogP contribution in [0.25, 0.3) is 0 Å². The standard InChI is InChI=1S/C25H22Cl2IN3O2/c1-16-4-2-3-5-19(16)25(33)31-12-10-30(11-13-31)23-9-7-18(15-22(23)27)29-24(32)20-14-17(28)6-8-21(20)26/h2-9,14-15H,10-13H2,1H3,(H,29,32). The predicted octanol–water partition coefficient (Wildman–Crippen LogP) is 6.12. The van der Waals surface area contributed by atoms with E-state index in [-0.39, 0.29) is 11.8 Å². The zero-order valence-corrected chi connectivity index (χ0v) is 21.6. The van der Waals surface area contributed by atoms with Crippen molar-refractivity contribution in [2.45, 2.75) is 6.92 Å². The summed E-state index contributed by atoms with van der Waals surface area (Å²) in [6.07, 6.45) is 0. The van der Waals surface area contributed by atoms with Gasteiger partial charge in [-0.2, -0.15) is 0 Å². The highest BCUT2D eigenvalue weighted by Crippen LogP contribution is 2.30. The van der Waals surface area contributed by atoms with Crippen molar-refractivity contribution < 1.29 is 9.59 Å². The minimum Gasteiger partial charge on any atom is -0.367 e. The molecule has 0 aliphatic carbocycles. The molecular formula is C25H22Cl2IN3O2. The Morgan fingerprint density at radius 3 is 2.30 bits per heavy atom. The second kappa shape index (κ2) is 10.3. The zero-order valence-electron chi connectivity index (χ0n) is 17.9. The number of hydrogen-bond donors (Lipinski definition) is 1. The number of anilines is 2. The van der Waals surface area contributed by atoms with Gasteiger partial charge in [0.05, 0.1) is 21.3 Å². The molecule has 1 fully saturated rings. The number of halogens is 3. The maximum Gasteiger partial charge on any atom is 0.257 e. The SMILES string of the molecule is Cc1ccccc1C(=O)N1CCN(c2ccc(NC(=O)c3cc(I)ccc3Cl)cc2Cl)CC1. The Kier molecular flexibility index (Phi) is 7.46. The average molecular weight is 594 g/mol. The summed E-state index contributed by atoms with van der Waals surface area (Å²) >= 11 is 14.9. The lowest BCUT2D eigenvalue weighted by molar-refractivity contribution is 0.0746. The van der Waals surface area contributed by atoms with E-state index in [1.165, 1.54) is 0 Å². The Labute approximate surface area is 216 Å². The Balaban J connectivity index is 1.41. The van der Waals surface area contributed by atoms with Crippen molar-refractivity contribution >= 4 is 69.0 Å². The summed E-state index contributed by atoms with van der Waals surface area (Å²) in [7, 11) is 0. The van der Waals surface area contributed by atoms with Crippen LogP contribution in [-0.2, 0) is 0 Å². The van der Waals surface area contributed by atoms with E-state index in [2.05, 4.69) is 32.8 Å². The summed E-state index contributed by atoms with van der Waals surface area (Å²) in [5, 5.41) is 3.80. The van der Waals surface area contributed by atoms with Crippen LogP contribution in [0.3, 0.4) is 0 Å². The first-order valence-electron chi connectivity index (χ1n) is 10.5. The number of nitrogens with one attached hydrogen (secondary N) is 1. The molecule has 8 heteroatoms. The fourth-order valence-corrected chi connectivity index (χ4v) is 4.84. The fraction of sp³-hybridized carbons (Fsp3) is 0.200. The fourth-order valence-electron chi connectivity index (χ4n) is 3.84. The van der Waals surface area contributed by atoms with Gasteiger partial charge in [0.1, 0.15) is 0 Å². The summed E-state index contributed by atoms with van der Waals surface area (Å²) in [4.78, 5) is 29.5. The maximum absolute atomic E-state index is 12.9. The molecule has 4 rings (SSSR count). The van der Waals surface area contributed by atoms with Gasteiger partial charge in [-0.3, -0.25) is 9.59 Å². The van der Waals surface area contributed by atoms with E-state index in [1.807, 2.05) is 54.3 Å². The second-order valence-electron chi connectivity index (χ2n) is 7.84. The van der Waals surface area contributed by atoms with E-state index < -0.39 is 0 Å². The molecule has 1 N–H and O–H groups in total. The number of benzene rings is 3. The van der Waals surface area contributed by atoms with Crippen LogP contribution in [0.1, 0.15) is 26.3 Å². The molecule has 1 heterocycles. The van der Waals surface area contributed by atoms with Crippen molar-refractivity contribution in [3.8, 4) is 0 Å². The molecule has 0 saturated carbocycles. The molecule has 0 atom stereocenters. The average Bonchev–Trinajstić information content (AvgIpc) is 2.81. The molecule has 0 radical (unpaired) electrons. The van der Waals surface area contributed by atoms with Gasteiger partial charge >= 0.3 is 0 Å². The van der Waals surface area contributed by atoms with Crippen molar-refractivity contribution in [1.82, 2.24) is 4.90 Å². The van der Waals surface area contributed by atoms with Crippen molar-refractivity contribution in [3.05, 3.63) is 91.0 Å². The molecule has 3 aromatic carbocycles. The van der Waals surface area contributed by atoms with Crippen LogP contribution in [0.2, 0.25) is 10.0 Å². The van der Waals surface area contributed by atoms with E-state index in [0.717, 1.165) is 20.4 Å². The second-order valence-corrected chi connectivity index (χ2v) is 9.90. The van der Waals surface area contributed by atoms with Gasteiger partial charge in [-0.25, -0.2) is 0 Å². The number of piperazine rings is 1. The summed E-state index contributed by atoms with van der Waals surface area (Å²) in [5.41, 5.74) is 3.62. The molecular weight excluding hydrogens is 572 g/mol. The number of nitrogens with zero attached hydrogens (tertiary/aromatic N) is 2. The van der Waals surface area contributed by atoms with Crippen LogP contribution < -0.4 is 10.2 Å². The highest BCUT2D eigenvalue weighted by Gasteiger charge is 2.24. The molecule has 2 amide bonds. The summed E-state index contributed by atoms with van der Waals surface area (Å²) in [5.74, 6) is -0.225. The van der Waals surface area contributed by atoms with Crippen molar-refractivity contribution in [2.24, 2.45) is 0 Å².